The van der Waals surface area contributed by atoms with E-state index in [0.29, 0.717) is 23.2 Å². The van der Waals surface area contributed by atoms with Crippen LogP contribution < -0.4 is 10.6 Å². The minimum Gasteiger partial charge on any atom is -0.387 e. The van der Waals surface area contributed by atoms with Crippen LogP contribution in [0.25, 0.3) is 0 Å². The summed E-state index contributed by atoms with van der Waals surface area (Å²) in [6, 6.07) is 1.89. The summed E-state index contributed by atoms with van der Waals surface area (Å²) in [5.74, 6) is 0.576. The molecule has 2 aromatic heterocycles. The van der Waals surface area contributed by atoms with E-state index in [-0.39, 0.29) is 0 Å². The zero-order valence-electron chi connectivity index (χ0n) is 9.72. The molecule has 18 heavy (non-hydrogen) atoms. The van der Waals surface area contributed by atoms with E-state index in [1.807, 2.05) is 16.8 Å². The van der Waals surface area contributed by atoms with Crippen molar-refractivity contribution >= 4 is 34.4 Å². The number of aliphatic hydroxyl groups excluding tert-OH is 1. The molecule has 0 saturated carbocycles. The standard InChI is InChI=1S/C11H13ClN4OS/c1-13-9-10(12)15-6-16-11(9)14-4-8(17)7-2-3-18-5-7/h2-3,5-6,8,13,17H,4H2,1H3,(H,14,15,16). The highest BCUT2D eigenvalue weighted by atomic mass is 35.5. The smallest absolute Gasteiger partial charge is 0.157 e. The summed E-state index contributed by atoms with van der Waals surface area (Å²) in [6.07, 6.45) is 0.803. The topological polar surface area (TPSA) is 70.1 Å². The van der Waals surface area contributed by atoms with Crippen molar-refractivity contribution in [2.45, 2.75) is 6.10 Å². The third-order valence-electron chi connectivity index (χ3n) is 2.44. The van der Waals surface area contributed by atoms with Crippen molar-refractivity contribution in [3.8, 4) is 0 Å². The van der Waals surface area contributed by atoms with Gasteiger partial charge in [0.1, 0.15) is 12.0 Å². The number of hydrogen-bond donors (Lipinski definition) is 3. The van der Waals surface area contributed by atoms with Crippen LogP contribution in [0.3, 0.4) is 0 Å². The number of halogens is 1. The molecule has 0 saturated heterocycles. The number of nitrogens with one attached hydrogen (secondary N) is 2. The SMILES string of the molecule is CNc1c(Cl)ncnc1NCC(O)c1ccsc1. The van der Waals surface area contributed by atoms with Gasteiger partial charge in [-0.2, -0.15) is 11.3 Å². The summed E-state index contributed by atoms with van der Waals surface area (Å²) in [5, 5.41) is 20.1. The van der Waals surface area contributed by atoms with E-state index in [1.165, 1.54) is 6.33 Å². The van der Waals surface area contributed by atoms with Crippen LogP contribution >= 0.6 is 22.9 Å². The highest BCUT2D eigenvalue weighted by molar-refractivity contribution is 7.07. The van der Waals surface area contributed by atoms with Crippen LogP contribution in [0.1, 0.15) is 11.7 Å². The quantitative estimate of drug-likeness (QED) is 0.736. The van der Waals surface area contributed by atoms with Crippen molar-refractivity contribution in [1.29, 1.82) is 0 Å². The lowest BCUT2D eigenvalue weighted by Crippen LogP contribution is -2.14. The Hall–Kier alpha value is -1.37. The number of aliphatic hydroxyl groups is 1. The van der Waals surface area contributed by atoms with Gasteiger partial charge in [-0.25, -0.2) is 9.97 Å². The Bertz CT molecular complexity index is 506. The molecule has 0 bridgehead atoms. The Morgan fingerprint density at radius 1 is 1.50 bits per heavy atom. The number of anilines is 2. The molecule has 0 radical (unpaired) electrons. The summed E-state index contributed by atoms with van der Waals surface area (Å²) in [4.78, 5) is 7.96. The van der Waals surface area contributed by atoms with E-state index in [1.54, 1.807) is 18.4 Å². The second-order valence-electron chi connectivity index (χ2n) is 3.59. The van der Waals surface area contributed by atoms with Gasteiger partial charge < -0.3 is 15.7 Å². The first-order valence-corrected chi connectivity index (χ1v) is 6.66. The maximum atomic E-state index is 9.95. The molecule has 2 aromatic rings. The Balaban J connectivity index is 2.04. The third kappa shape index (κ3) is 2.90. The fourth-order valence-corrected chi connectivity index (χ4v) is 2.43. The second kappa shape index (κ2) is 5.99. The zero-order chi connectivity index (χ0) is 13.0. The van der Waals surface area contributed by atoms with Gasteiger partial charge in [0.25, 0.3) is 0 Å². The van der Waals surface area contributed by atoms with Crippen LogP contribution in [0.15, 0.2) is 23.2 Å². The van der Waals surface area contributed by atoms with Crippen LogP contribution in [0.2, 0.25) is 5.15 Å². The highest BCUT2D eigenvalue weighted by Crippen LogP contribution is 2.26. The van der Waals surface area contributed by atoms with Crippen molar-refractivity contribution < 1.29 is 5.11 Å². The van der Waals surface area contributed by atoms with Gasteiger partial charge >= 0.3 is 0 Å². The molecule has 0 aliphatic rings. The lowest BCUT2D eigenvalue weighted by atomic mass is 10.2. The number of hydrogen-bond acceptors (Lipinski definition) is 6. The van der Waals surface area contributed by atoms with Crippen LogP contribution in [0.4, 0.5) is 11.5 Å². The first kappa shape index (κ1) is 13.1. The van der Waals surface area contributed by atoms with Gasteiger partial charge in [0.15, 0.2) is 11.0 Å². The minimum absolute atomic E-state index is 0.347. The molecule has 1 atom stereocenters. The fraction of sp³-hybridized carbons (Fsp3) is 0.273. The van der Waals surface area contributed by atoms with Gasteiger partial charge in [-0.15, -0.1) is 0 Å². The lowest BCUT2D eigenvalue weighted by molar-refractivity contribution is 0.192. The number of aromatic nitrogens is 2. The first-order valence-electron chi connectivity index (χ1n) is 5.34. The summed E-state index contributed by atoms with van der Waals surface area (Å²) >= 11 is 7.48. The van der Waals surface area contributed by atoms with Crippen LogP contribution in [-0.4, -0.2) is 28.7 Å². The number of thiophene rings is 1. The van der Waals surface area contributed by atoms with Gasteiger partial charge in [0, 0.05) is 13.6 Å². The van der Waals surface area contributed by atoms with E-state index in [4.69, 9.17) is 11.6 Å². The predicted molar refractivity (Wildman–Crippen MR) is 74.4 cm³/mol. The normalized spacial score (nSPS) is 12.2. The molecule has 0 aliphatic heterocycles. The zero-order valence-corrected chi connectivity index (χ0v) is 11.3. The number of rotatable bonds is 5. The van der Waals surface area contributed by atoms with E-state index in [0.717, 1.165) is 5.56 Å². The summed E-state index contributed by atoms with van der Waals surface area (Å²) in [6.45, 7) is 0.360. The summed E-state index contributed by atoms with van der Waals surface area (Å²) in [7, 11) is 1.74. The Kier molecular flexibility index (Phi) is 4.35. The molecule has 0 aromatic carbocycles. The molecule has 96 valence electrons. The molecule has 0 aliphatic carbocycles. The van der Waals surface area contributed by atoms with Crippen molar-refractivity contribution in [1.82, 2.24) is 9.97 Å². The van der Waals surface area contributed by atoms with E-state index in [2.05, 4.69) is 20.6 Å². The highest BCUT2D eigenvalue weighted by Gasteiger charge is 2.11. The Morgan fingerprint density at radius 2 is 2.33 bits per heavy atom. The average Bonchev–Trinajstić information content (AvgIpc) is 2.90. The van der Waals surface area contributed by atoms with E-state index < -0.39 is 6.10 Å². The first-order chi connectivity index (χ1) is 8.72. The van der Waals surface area contributed by atoms with E-state index in [9.17, 15) is 5.11 Å². The second-order valence-corrected chi connectivity index (χ2v) is 4.73. The van der Waals surface area contributed by atoms with Gasteiger partial charge in [0.05, 0.1) is 6.10 Å². The monoisotopic (exact) mass is 284 g/mol. The molecule has 5 nitrogen and oxygen atoms in total. The molecule has 0 fully saturated rings. The fourth-order valence-electron chi connectivity index (χ4n) is 1.50. The molecule has 2 heterocycles. The Morgan fingerprint density at radius 3 is 3.00 bits per heavy atom. The molecule has 2 rings (SSSR count). The summed E-state index contributed by atoms with van der Waals surface area (Å²) in [5.41, 5.74) is 1.51. The molecule has 7 heteroatoms. The molecule has 1 unspecified atom stereocenters. The third-order valence-corrected chi connectivity index (χ3v) is 3.43. The maximum absolute atomic E-state index is 9.95. The van der Waals surface area contributed by atoms with Crippen LogP contribution in [0.5, 0.6) is 0 Å². The van der Waals surface area contributed by atoms with E-state index >= 15 is 0 Å². The minimum atomic E-state index is -0.574. The summed E-state index contributed by atoms with van der Waals surface area (Å²) < 4.78 is 0. The van der Waals surface area contributed by atoms with Gasteiger partial charge in [-0.1, -0.05) is 11.6 Å². The molecular weight excluding hydrogens is 272 g/mol. The predicted octanol–water partition coefficient (Wildman–Crippen LogP) is 2.38. The van der Waals surface area contributed by atoms with Gasteiger partial charge in [-0.3, -0.25) is 0 Å². The average molecular weight is 285 g/mol. The van der Waals surface area contributed by atoms with Gasteiger partial charge in [0.2, 0.25) is 0 Å². The van der Waals surface area contributed by atoms with Gasteiger partial charge in [-0.05, 0) is 22.4 Å². The van der Waals surface area contributed by atoms with Crippen LogP contribution in [0, 0.1) is 0 Å². The van der Waals surface area contributed by atoms with Crippen molar-refractivity contribution in [3.05, 3.63) is 33.9 Å². The molecule has 3 N–H and O–H groups in total. The molecule has 0 amide bonds. The molecule has 0 spiro atoms. The van der Waals surface area contributed by atoms with Crippen LogP contribution in [-0.2, 0) is 0 Å². The van der Waals surface area contributed by atoms with Crippen molar-refractivity contribution in [2.24, 2.45) is 0 Å². The maximum Gasteiger partial charge on any atom is 0.157 e. The lowest BCUT2D eigenvalue weighted by Gasteiger charge is -2.14. The van der Waals surface area contributed by atoms with Crippen molar-refractivity contribution in [3.63, 3.8) is 0 Å². The Labute approximate surface area is 114 Å². The molecular formula is C11H13ClN4OS. The van der Waals surface area contributed by atoms with Crippen molar-refractivity contribution in [2.75, 3.05) is 24.2 Å². The number of nitrogens with zero attached hydrogens (tertiary/aromatic N) is 2. The largest absolute Gasteiger partial charge is 0.387 e.